The van der Waals surface area contributed by atoms with Crippen molar-refractivity contribution in [3.8, 4) is 0 Å². The number of rotatable bonds is 3. The lowest BCUT2D eigenvalue weighted by atomic mass is 9.90. The van der Waals surface area contributed by atoms with Gasteiger partial charge >= 0.3 is 5.97 Å². The predicted octanol–water partition coefficient (Wildman–Crippen LogP) is 3.00. The van der Waals surface area contributed by atoms with Gasteiger partial charge in [0.1, 0.15) is 0 Å². The van der Waals surface area contributed by atoms with Crippen LogP contribution in [0.15, 0.2) is 0 Å². The van der Waals surface area contributed by atoms with Gasteiger partial charge in [-0.05, 0) is 56.0 Å². The van der Waals surface area contributed by atoms with Gasteiger partial charge in [-0.25, -0.2) is 0 Å². The van der Waals surface area contributed by atoms with Crippen molar-refractivity contribution in [1.29, 1.82) is 0 Å². The molecule has 0 spiro atoms. The van der Waals surface area contributed by atoms with Gasteiger partial charge in [0.25, 0.3) is 0 Å². The molecule has 0 amide bonds. The molecule has 3 heteroatoms. The van der Waals surface area contributed by atoms with Gasteiger partial charge < -0.3 is 10.0 Å². The van der Waals surface area contributed by atoms with Crippen LogP contribution in [-0.4, -0.2) is 35.1 Å². The second-order valence-corrected chi connectivity index (χ2v) is 7.19. The van der Waals surface area contributed by atoms with E-state index in [0.29, 0.717) is 17.8 Å². The SMILES string of the molecule is CC1CC(C)(C)CC1N1CCC(CC(=O)O)CC1. The van der Waals surface area contributed by atoms with Crippen LogP contribution < -0.4 is 0 Å². The Morgan fingerprint density at radius 2 is 1.89 bits per heavy atom. The van der Waals surface area contributed by atoms with Crippen molar-refractivity contribution in [2.45, 2.75) is 58.9 Å². The van der Waals surface area contributed by atoms with E-state index in [-0.39, 0.29) is 0 Å². The van der Waals surface area contributed by atoms with Crippen LogP contribution in [0.5, 0.6) is 0 Å². The van der Waals surface area contributed by atoms with E-state index in [9.17, 15) is 4.79 Å². The van der Waals surface area contributed by atoms with Crippen LogP contribution in [0.2, 0.25) is 0 Å². The van der Waals surface area contributed by atoms with E-state index in [4.69, 9.17) is 5.11 Å². The molecule has 1 saturated heterocycles. The fourth-order valence-corrected chi connectivity index (χ4v) is 4.08. The Morgan fingerprint density at radius 3 is 2.33 bits per heavy atom. The molecule has 2 aliphatic rings. The molecule has 104 valence electrons. The minimum Gasteiger partial charge on any atom is -0.481 e. The van der Waals surface area contributed by atoms with Crippen LogP contribution >= 0.6 is 0 Å². The summed E-state index contributed by atoms with van der Waals surface area (Å²) in [6.07, 6.45) is 5.12. The fraction of sp³-hybridized carbons (Fsp3) is 0.933. The predicted molar refractivity (Wildman–Crippen MR) is 72.5 cm³/mol. The van der Waals surface area contributed by atoms with Crippen LogP contribution in [-0.2, 0) is 4.79 Å². The van der Waals surface area contributed by atoms with Gasteiger partial charge in [-0.15, -0.1) is 0 Å². The molecule has 1 saturated carbocycles. The quantitative estimate of drug-likeness (QED) is 0.840. The lowest BCUT2D eigenvalue weighted by Gasteiger charge is -2.37. The molecule has 1 N–H and O–H groups in total. The molecule has 0 bridgehead atoms. The van der Waals surface area contributed by atoms with Crippen LogP contribution in [0.4, 0.5) is 0 Å². The van der Waals surface area contributed by atoms with Crippen molar-refractivity contribution < 1.29 is 9.90 Å². The van der Waals surface area contributed by atoms with Crippen molar-refractivity contribution in [1.82, 2.24) is 4.90 Å². The van der Waals surface area contributed by atoms with Crippen molar-refractivity contribution in [2.24, 2.45) is 17.3 Å². The molecular weight excluding hydrogens is 226 g/mol. The van der Waals surface area contributed by atoms with Crippen LogP contribution in [0.25, 0.3) is 0 Å². The number of hydrogen-bond acceptors (Lipinski definition) is 2. The maximum absolute atomic E-state index is 10.7. The van der Waals surface area contributed by atoms with Crippen LogP contribution in [0.1, 0.15) is 52.9 Å². The summed E-state index contributed by atoms with van der Waals surface area (Å²) in [4.78, 5) is 13.4. The Hall–Kier alpha value is -0.570. The van der Waals surface area contributed by atoms with E-state index in [1.54, 1.807) is 0 Å². The summed E-state index contributed by atoms with van der Waals surface area (Å²) in [5.74, 6) is 0.559. The Balaban J connectivity index is 1.85. The Labute approximate surface area is 111 Å². The second kappa shape index (κ2) is 5.20. The van der Waals surface area contributed by atoms with E-state index < -0.39 is 5.97 Å². The normalized spacial score (nSPS) is 33.7. The average Bonchev–Trinajstić information content (AvgIpc) is 2.52. The van der Waals surface area contributed by atoms with Crippen molar-refractivity contribution >= 4 is 5.97 Å². The Kier molecular flexibility index (Phi) is 4.00. The zero-order chi connectivity index (χ0) is 13.3. The lowest BCUT2D eigenvalue weighted by molar-refractivity contribution is -0.138. The number of aliphatic carboxylic acids is 1. The highest BCUT2D eigenvalue weighted by Gasteiger charge is 2.40. The first kappa shape index (κ1) is 13.9. The first-order chi connectivity index (χ1) is 8.37. The maximum Gasteiger partial charge on any atom is 0.303 e. The molecule has 1 aliphatic heterocycles. The molecule has 0 radical (unpaired) electrons. The molecule has 2 unspecified atom stereocenters. The van der Waals surface area contributed by atoms with E-state index in [1.807, 2.05) is 0 Å². The largest absolute Gasteiger partial charge is 0.481 e. The van der Waals surface area contributed by atoms with E-state index in [1.165, 1.54) is 12.8 Å². The van der Waals surface area contributed by atoms with Gasteiger partial charge in [0.2, 0.25) is 0 Å². The number of carboxylic acid groups (broad SMARTS) is 1. The fourth-order valence-electron chi connectivity index (χ4n) is 4.08. The highest BCUT2D eigenvalue weighted by Crippen LogP contribution is 2.44. The number of carboxylic acids is 1. The molecule has 2 rings (SSSR count). The van der Waals surface area contributed by atoms with Gasteiger partial charge in [-0.2, -0.15) is 0 Å². The number of hydrogen-bond donors (Lipinski definition) is 1. The lowest BCUT2D eigenvalue weighted by Crippen LogP contribution is -2.43. The molecule has 1 aliphatic carbocycles. The Morgan fingerprint density at radius 1 is 1.28 bits per heavy atom. The van der Waals surface area contributed by atoms with Gasteiger partial charge in [0.15, 0.2) is 0 Å². The van der Waals surface area contributed by atoms with Crippen molar-refractivity contribution in [3.05, 3.63) is 0 Å². The molecule has 2 atom stereocenters. The monoisotopic (exact) mass is 253 g/mol. The average molecular weight is 253 g/mol. The summed E-state index contributed by atoms with van der Waals surface area (Å²) in [5, 5.41) is 8.84. The highest BCUT2D eigenvalue weighted by atomic mass is 16.4. The van der Waals surface area contributed by atoms with Gasteiger partial charge in [-0.3, -0.25) is 4.79 Å². The number of nitrogens with zero attached hydrogens (tertiary/aromatic N) is 1. The van der Waals surface area contributed by atoms with Crippen molar-refractivity contribution in [2.75, 3.05) is 13.1 Å². The summed E-state index contributed by atoms with van der Waals surface area (Å²) >= 11 is 0. The first-order valence-electron chi connectivity index (χ1n) is 7.33. The summed E-state index contributed by atoms with van der Waals surface area (Å²) < 4.78 is 0. The van der Waals surface area contributed by atoms with Crippen molar-refractivity contribution in [3.63, 3.8) is 0 Å². The van der Waals surface area contributed by atoms with Gasteiger partial charge in [0.05, 0.1) is 0 Å². The molecule has 1 heterocycles. The zero-order valence-corrected chi connectivity index (χ0v) is 12.0. The number of likely N-dealkylation sites (tertiary alicyclic amines) is 1. The molecule has 0 aromatic rings. The number of carbonyl (C=O) groups is 1. The maximum atomic E-state index is 10.7. The topological polar surface area (TPSA) is 40.5 Å². The van der Waals surface area contributed by atoms with Gasteiger partial charge in [-0.1, -0.05) is 20.8 Å². The highest BCUT2D eigenvalue weighted by molar-refractivity contribution is 5.67. The number of piperidine rings is 1. The summed E-state index contributed by atoms with van der Waals surface area (Å²) in [5.41, 5.74) is 0.488. The standard InChI is InChI=1S/C15H27NO2/c1-11-9-15(2,3)10-13(11)16-6-4-12(5-7-16)8-14(17)18/h11-13H,4-10H2,1-3H3,(H,17,18). The third-order valence-electron chi connectivity index (χ3n) is 4.87. The second-order valence-electron chi connectivity index (χ2n) is 7.19. The molecule has 2 fully saturated rings. The minimum absolute atomic E-state index is 0.361. The van der Waals surface area contributed by atoms with E-state index >= 15 is 0 Å². The molecule has 18 heavy (non-hydrogen) atoms. The van der Waals surface area contributed by atoms with E-state index in [0.717, 1.165) is 37.9 Å². The van der Waals surface area contributed by atoms with Crippen LogP contribution in [0, 0.1) is 17.3 Å². The molecule has 0 aromatic carbocycles. The first-order valence-corrected chi connectivity index (χ1v) is 7.33. The van der Waals surface area contributed by atoms with Gasteiger partial charge in [0, 0.05) is 12.5 Å². The third-order valence-corrected chi connectivity index (χ3v) is 4.87. The molecular formula is C15H27NO2. The summed E-state index contributed by atoms with van der Waals surface area (Å²) in [7, 11) is 0. The van der Waals surface area contributed by atoms with E-state index in [2.05, 4.69) is 25.7 Å². The molecule has 3 nitrogen and oxygen atoms in total. The Bertz CT molecular complexity index is 306. The zero-order valence-electron chi connectivity index (χ0n) is 12.0. The summed E-state index contributed by atoms with van der Waals surface area (Å²) in [6.45, 7) is 9.33. The summed E-state index contributed by atoms with van der Waals surface area (Å²) in [6, 6.07) is 0.728. The molecule has 0 aromatic heterocycles. The smallest absolute Gasteiger partial charge is 0.303 e. The third kappa shape index (κ3) is 3.25. The minimum atomic E-state index is -0.635. The van der Waals surface area contributed by atoms with Crippen LogP contribution in [0.3, 0.4) is 0 Å².